The number of hydrogen-bond acceptors (Lipinski definition) is 5. The Hall–Kier alpha value is -3.43. The first-order valence-electron chi connectivity index (χ1n) is 9.85. The second kappa shape index (κ2) is 9.37. The summed E-state index contributed by atoms with van der Waals surface area (Å²) in [6, 6.07) is 13.3. The molecule has 0 spiro atoms. The lowest BCUT2D eigenvalue weighted by Crippen LogP contribution is -2.26. The Morgan fingerprint density at radius 1 is 1.00 bits per heavy atom. The van der Waals surface area contributed by atoms with E-state index in [4.69, 9.17) is 4.42 Å². The summed E-state index contributed by atoms with van der Waals surface area (Å²) in [4.78, 5) is 24.8. The SMILES string of the molecule is Cc1cc(C(=O)NCc2ccc(NC(=O)c3ccco3)cc2)cc(S(=O)(=O)N(C)C)c1C. The Morgan fingerprint density at radius 2 is 1.69 bits per heavy atom. The number of nitrogens with one attached hydrogen (secondary N) is 2. The number of anilines is 1. The molecule has 9 heteroatoms. The van der Waals surface area contributed by atoms with Crippen molar-refractivity contribution in [1.82, 2.24) is 9.62 Å². The Balaban J connectivity index is 1.68. The lowest BCUT2D eigenvalue weighted by atomic mass is 10.1. The molecule has 2 amide bonds. The molecule has 3 rings (SSSR count). The van der Waals surface area contributed by atoms with E-state index in [1.165, 1.54) is 26.4 Å². The van der Waals surface area contributed by atoms with E-state index >= 15 is 0 Å². The van der Waals surface area contributed by atoms with Crippen LogP contribution in [0.5, 0.6) is 0 Å². The van der Waals surface area contributed by atoms with Gasteiger partial charge in [0, 0.05) is 31.9 Å². The normalized spacial score (nSPS) is 11.4. The Kier molecular flexibility index (Phi) is 6.81. The van der Waals surface area contributed by atoms with E-state index in [0.717, 1.165) is 15.4 Å². The topological polar surface area (TPSA) is 109 Å². The molecule has 0 aliphatic heterocycles. The molecular weight excluding hydrogens is 430 g/mol. The van der Waals surface area contributed by atoms with Gasteiger partial charge in [-0.1, -0.05) is 12.1 Å². The highest BCUT2D eigenvalue weighted by molar-refractivity contribution is 7.89. The molecule has 0 saturated carbocycles. The molecule has 0 unspecified atom stereocenters. The summed E-state index contributed by atoms with van der Waals surface area (Å²) in [7, 11) is -0.760. The van der Waals surface area contributed by atoms with Crippen LogP contribution in [0.1, 0.15) is 37.6 Å². The number of furan rings is 1. The van der Waals surface area contributed by atoms with Crippen molar-refractivity contribution in [3.8, 4) is 0 Å². The molecule has 168 valence electrons. The number of benzene rings is 2. The number of nitrogens with zero attached hydrogens (tertiary/aromatic N) is 1. The van der Waals surface area contributed by atoms with Gasteiger partial charge in [-0.15, -0.1) is 0 Å². The number of carbonyl (C=O) groups excluding carboxylic acids is 2. The first kappa shape index (κ1) is 23.2. The van der Waals surface area contributed by atoms with Crippen LogP contribution < -0.4 is 10.6 Å². The number of sulfonamides is 1. The highest BCUT2D eigenvalue weighted by atomic mass is 32.2. The maximum atomic E-state index is 12.7. The van der Waals surface area contributed by atoms with E-state index in [-0.39, 0.29) is 34.6 Å². The maximum absolute atomic E-state index is 12.7. The lowest BCUT2D eigenvalue weighted by molar-refractivity contribution is 0.0949. The minimum atomic E-state index is -3.67. The van der Waals surface area contributed by atoms with Crippen LogP contribution in [0.3, 0.4) is 0 Å². The number of rotatable bonds is 7. The standard InChI is InChI=1S/C23H25N3O5S/c1-15-12-18(13-21(16(15)2)32(29,30)26(3)4)22(27)24-14-17-7-9-19(10-8-17)25-23(28)20-6-5-11-31-20/h5-13H,14H2,1-4H3,(H,24,27)(H,25,28). The predicted molar refractivity (Wildman–Crippen MR) is 121 cm³/mol. The summed E-state index contributed by atoms with van der Waals surface area (Å²) in [6.07, 6.45) is 1.43. The van der Waals surface area contributed by atoms with Crippen LogP contribution in [0.4, 0.5) is 5.69 Å². The smallest absolute Gasteiger partial charge is 0.291 e. The van der Waals surface area contributed by atoms with Gasteiger partial charge in [-0.25, -0.2) is 12.7 Å². The van der Waals surface area contributed by atoms with Crippen LogP contribution in [0, 0.1) is 13.8 Å². The van der Waals surface area contributed by atoms with Crippen molar-refractivity contribution in [2.24, 2.45) is 0 Å². The first-order valence-corrected chi connectivity index (χ1v) is 11.3. The largest absolute Gasteiger partial charge is 0.459 e. The molecule has 3 aromatic rings. The average Bonchev–Trinajstić information content (AvgIpc) is 3.29. The molecule has 2 aromatic carbocycles. The Morgan fingerprint density at radius 3 is 2.28 bits per heavy atom. The highest BCUT2D eigenvalue weighted by Crippen LogP contribution is 2.23. The van der Waals surface area contributed by atoms with Gasteiger partial charge in [-0.3, -0.25) is 9.59 Å². The van der Waals surface area contributed by atoms with Crippen LogP contribution in [0.2, 0.25) is 0 Å². The zero-order valence-corrected chi connectivity index (χ0v) is 19.1. The summed E-state index contributed by atoms with van der Waals surface area (Å²) in [5, 5.41) is 5.53. The van der Waals surface area contributed by atoms with Crippen molar-refractivity contribution in [2.75, 3.05) is 19.4 Å². The average molecular weight is 456 g/mol. The van der Waals surface area contributed by atoms with Crippen molar-refractivity contribution in [1.29, 1.82) is 0 Å². The summed E-state index contributed by atoms with van der Waals surface area (Å²) in [5.41, 5.74) is 3.02. The summed E-state index contributed by atoms with van der Waals surface area (Å²) < 4.78 is 31.4. The number of carbonyl (C=O) groups is 2. The van der Waals surface area contributed by atoms with Crippen LogP contribution in [0.25, 0.3) is 0 Å². The fraction of sp³-hybridized carbons (Fsp3) is 0.217. The van der Waals surface area contributed by atoms with Crippen LogP contribution in [0.15, 0.2) is 64.1 Å². The van der Waals surface area contributed by atoms with Crippen LogP contribution >= 0.6 is 0 Å². The van der Waals surface area contributed by atoms with E-state index in [0.29, 0.717) is 11.3 Å². The van der Waals surface area contributed by atoms with Gasteiger partial charge in [0.15, 0.2) is 5.76 Å². The molecule has 0 aliphatic rings. The molecular formula is C23H25N3O5S. The predicted octanol–water partition coefficient (Wildman–Crippen LogP) is 3.33. The third-order valence-corrected chi connectivity index (χ3v) is 6.99. The quantitative estimate of drug-likeness (QED) is 0.568. The third-order valence-electron chi connectivity index (χ3n) is 5.05. The van der Waals surface area contributed by atoms with Gasteiger partial charge < -0.3 is 15.1 Å². The Labute approximate surface area is 187 Å². The van der Waals surface area contributed by atoms with Crippen LogP contribution in [-0.2, 0) is 16.6 Å². The minimum absolute atomic E-state index is 0.115. The molecule has 0 radical (unpaired) electrons. The molecule has 1 aromatic heterocycles. The number of hydrogen-bond donors (Lipinski definition) is 2. The number of aryl methyl sites for hydroxylation is 1. The van der Waals surface area contributed by atoms with Gasteiger partial charge in [-0.05, 0) is 66.9 Å². The monoisotopic (exact) mass is 455 g/mol. The van der Waals surface area contributed by atoms with Crippen molar-refractivity contribution < 1.29 is 22.4 Å². The summed E-state index contributed by atoms with van der Waals surface area (Å²) in [5.74, 6) is -0.516. The maximum Gasteiger partial charge on any atom is 0.291 e. The van der Waals surface area contributed by atoms with E-state index in [1.54, 1.807) is 56.3 Å². The molecule has 32 heavy (non-hydrogen) atoms. The van der Waals surface area contributed by atoms with Gasteiger partial charge in [0.1, 0.15) is 0 Å². The molecule has 2 N–H and O–H groups in total. The number of amides is 2. The van der Waals surface area contributed by atoms with E-state index < -0.39 is 10.0 Å². The van der Waals surface area contributed by atoms with Gasteiger partial charge in [-0.2, -0.15) is 0 Å². The van der Waals surface area contributed by atoms with Gasteiger partial charge in [0.05, 0.1) is 11.2 Å². The zero-order valence-electron chi connectivity index (χ0n) is 18.3. The molecule has 0 aliphatic carbocycles. The lowest BCUT2D eigenvalue weighted by Gasteiger charge is -2.16. The summed E-state index contributed by atoms with van der Waals surface area (Å²) in [6.45, 7) is 3.74. The van der Waals surface area contributed by atoms with Crippen molar-refractivity contribution in [3.63, 3.8) is 0 Å². The van der Waals surface area contributed by atoms with Gasteiger partial charge >= 0.3 is 0 Å². The summed E-state index contributed by atoms with van der Waals surface area (Å²) >= 11 is 0. The first-order chi connectivity index (χ1) is 15.1. The fourth-order valence-corrected chi connectivity index (χ4v) is 4.23. The molecule has 1 heterocycles. The Bertz CT molecular complexity index is 1230. The van der Waals surface area contributed by atoms with Crippen molar-refractivity contribution in [3.05, 3.63) is 82.8 Å². The van der Waals surface area contributed by atoms with Crippen molar-refractivity contribution in [2.45, 2.75) is 25.3 Å². The highest BCUT2D eigenvalue weighted by Gasteiger charge is 2.23. The second-order valence-corrected chi connectivity index (χ2v) is 9.63. The molecule has 8 nitrogen and oxygen atoms in total. The van der Waals surface area contributed by atoms with Gasteiger partial charge in [0.25, 0.3) is 11.8 Å². The molecule has 0 fully saturated rings. The van der Waals surface area contributed by atoms with Gasteiger partial charge in [0.2, 0.25) is 10.0 Å². The zero-order chi connectivity index (χ0) is 23.5. The second-order valence-electron chi connectivity index (χ2n) is 7.51. The molecule has 0 atom stereocenters. The third kappa shape index (κ3) is 5.06. The van der Waals surface area contributed by atoms with Crippen molar-refractivity contribution >= 4 is 27.5 Å². The fourth-order valence-electron chi connectivity index (χ4n) is 3.01. The van der Waals surface area contributed by atoms with E-state index in [2.05, 4.69) is 10.6 Å². The van der Waals surface area contributed by atoms with E-state index in [1.807, 2.05) is 0 Å². The van der Waals surface area contributed by atoms with Crippen LogP contribution in [-0.4, -0.2) is 38.6 Å². The molecule has 0 saturated heterocycles. The van der Waals surface area contributed by atoms with E-state index in [9.17, 15) is 18.0 Å². The molecule has 0 bridgehead atoms. The minimum Gasteiger partial charge on any atom is -0.459 e.